The van der Waals surface area contributed by atoms with Gasteiger partial charge in [0.05, 0.1) is 18.6 Å². The molecule has 2 aromatic heterocycles. The lowest BCUT2D eigenvalue weighted by atomic mass is 9.92. The van der Waals surface area contributed by atoms with Gasteiger partial charge in [0.2, 0.25) is 5.91 Å². The number of hydrogen-bond donors (Lipinski definition) is 1. The molecule has 0 fully saturated rings. The van der Waals surface area contributed by atoms with E-state index in [1.54, 1.807) is 11.8 Å². The lowest BCUT2D eigenvalue weighted by Crippen LogP contribution is -2.16. The molecule has 0 aliphatic carbocycles. The summed E-state index contributed by atoms with van der Waals surface area (Å²) >= 11 is 1.33. The zero-order valence-electron chi connectivity index (χ0n) is 19.9. The minimum absolute atomic E-state index is 0.0991. The first-order valence-electron chi connectivity index (χ1n) is 10.9. The van der Waals surface area contributed by atoms with Crippen LogP contribution in [0.5, 0.6) is 5.75 Å². The molecule has 2 aromatic carbocycles. The number of para-hydroxylation sites is 1. The molecular weight excluding hydrogens is 448 g/mol. The number of hydrogen-bond acceptors (Lipinski definition) is 6. The van der Waals surface area contributed by atoms with E-state index in [4.69, 9.17) is 4.74 Å². The minimum Gasteiger partial charge on any atom is -0.497 e. The van der Waals surface area contributed by atoms with Crippen LogP contribution in [0.3, 0.4) is 0 Å². The molecule has 4 aromatic rings. The average molecular weight is 477 g/mol. The highest BCUT2D eigenvalue weighted by atomic mass is 32.2. The Morgan fingerprint density at radius 1 is 1.06 bits per heavy atom. The smallest absolute Gasteiger partial charge is 0.235 e. The number of nitrogens with one attached hydrogen (secondary N) is 1. The zero-order chi connectivity index (χ0) is 24.3. The summed E-state index contributed by atoms with van der Waals surface area (Å²) in [5, 5.41) is 16.9. The molecular formula is C25H28N6O2S. The van der Waals surface area contributed by atoms with Crippen LogP contribution in [0.2, 0.25) is 0 Å². The molecule has 0 unspecified atom stereocenters. The van der Waals surface area contributed by atoms with Crippen molar-refractivity contribution >= 4 is 23.5 Å². The summed E-state index contributed by atoms with van der Waals surface area (Å²) in [7, 11) is 3.46. The monoisotopic (exact) mass is 476 g/mol. The van der Waals surface area contributed by atoms with Gasteiger partial charge in [0, 0.05) is 29.8 Å². The number of aromatic nitrogens is 5. The van der Waals surface area contributed by atoms with Gasteiger partial charge in [-0.3, -0.25) is 14.0 Å². The van der Waals surface area contributed by atoms with Gasteiger partial charge in [0.25, 0.3) is 0 Å². The second kappa shape index (κ2) is 9.72. The van der Waals surface area contributed by atoms with Crippen LogP contribution >= 0.6 is 11.8 Å². The first-order valence-corrected chi connectivity index (χ1v) is 11.9. The number of ether oxygens (including phenoxy) is 1. The van der Waals surface area contributed by atoms with Crippen LogP contribution in [-0.2, 0) is 17.3 Å². The molecule has 0 aliphatic rings. The molecule has 2 heterocycles. The first kappa shape index (κ1) is 23.6. The van der Waals surface area contributed by atoms with Crippen molar-refractivity contribution in [2.24, 2.45) is 7.05 Å². The lowest BCUT2D eigenvalue weighted by Gasteiger charge is -2.13. The Morgan fingerprint density at radius 2 is 1.82 bits per heavy atom. The number of amides is 1. The number of methoxy groups -OCH3 is 1. The Labute approximate surface area is 203 Å². The summed E-state index contributed by atoms with van der Waals surface area (Å²) < 4.78 is 9.02. The highest BCUT2D eigenvalue weighted by Crippen LogP contribution is 2.30. The van der Waals surface area contributed by atoms with Gasteiger partial charge in [-0.15, -0.1) is 10.2 Å². The summed E-state index contributed by atoms with van der Waals surface area (Å²) in [6.45, 7) is 6.27. The number of carbonyl (C=O) groups excluding carboxylic acids is 1. The molecule has 34 heavy (non-hydrogen) atoms. The van der Waals surface area contributed by atoms with Crippen LogP contribution in [0.15, 0.2) is 65.8 Å². The highest BCUT2D eigenvalue weighted by Gasteiger charge is 2.21. The summed E-state index contributed by atoms with van der Waals surface area (Å²) in [4.78, 5) is 12.8. The average Bonchev–Trinajstić information content (AvgIpc) is 3.42. The van der Waals surface area contributed by atoms with Gasteiger partial charge in [-0.1, -0.05) is 62.9 Å². The maximum absolute atomic E-state index is 12.8. The van der Waals surface area contributed by atoms with Gasteiger partial charge in [-0.2, -0.15) is 5.10 Å². The van der Waals surface area contributed by atoms with Gasteiger partial charge in [0.1, 0.15) is 11.6 Å². The Morgan fingerprint density at radius 3 is 2.50 bits per heavy atom. The molecule has 4 rings (SSSR count). The molecule has 0 aliphatic heterocycles. The van der Waals surface area contributed by atoms with Gasteiger partial charge < -0.3 is 10.1 Å². The number of nitrogens with zero attached hydrogens (tertiary/aromatic N) is 5. The third-order valence-corrected chi connectivity index (χ3v) is 6.15. The number of anilines is 1. The molecule has 0 saturated heterocycles. The maximum atomic E-state index is 12.8. The summed E-state index contributed by atoms with van der Waals surface area (Å²) in [5.74, 6) is 2.11. The van der Waals surface area contributed by atoms with E-state index < -0.39 is 0 Å². The molecule has 0 saturated carbocycles. The molecule has 1 amide bonds. The molecule has 0 bridgehead atoms. The third-order valence-electron chi connectivity index (χ3n) is 5.22. The van der Waals surface area contributed by atoms with Crippen molar-refractivity contribution in [2.75, 3.05) is 18.2 Å². The molecule has 8 nitrogen and oxygen atoms in total. The number of thioether (sulfide) groups is 1. The van der Waals surface area contributed by atoms with Crippen LogP contribution in [0.1, 0.15) is 26.5 Å². The van der Waals surface area contributed by atoms with Gasteiger partial charge in [-0.25, -0.2) is 0 Å². The fourth-order valence-corrected chi connectivity index (χ4v) is 4.13. The number of benzene rings is 2. The summed E-state index contributed by atoms with van der Waals surface area (Å²) in [5.41, 5.74) is 2.61. The maximum Gasteiger partial charge on any atom is 0.235 e. The van der Waals surface area contributed by atoms with Gasteiger partial charge >= 0.3 is 0 Å². The van der Waals surface area contributed by atoms with Crippen molar-refractivity contribution in [3.63, 3.8) is 0 Å². The number of rotatable bonds is 7. The molecule has 9 heteroatoms. The highest BCUT2D eigenvalue weighted by molar-refractivity contribution is 7.99. The lowest BCUT2D eigenvalue weighted by molar-refractivity contribution is -0.113. The molecule has 176 valence electrons. The molecule has 1 N–H and O–H groups in total. The van der Waals surface area contributed by atoms with Gasteiger partial charge in [0.15, 0.2) is 11.0 Å². The van der Waals surface area contributed by atoms with Crippen molar-refractivity contribution in [3.05, 3.63) is 66.4 Å². The largest absolute Gasteiger partial charge is 0.497 e. The van der Waals surface area contributed by atoms with Crippen LogP contribution in [0.4, 0.5) is 5.82 Å². The van der Waals surface area contributed by atoms with Crippen molar-refractivity contribution in [2.45, 2.75) is 31.3 Å². The summed E-state index contributed by atoms with van der Waals surface area (Å²) in [6, 6.07) is 19.4. The van der Waals surface area contributed by atoms with E-state index in [2.05, 4.69) is 41.4 Å². The quantitative estimate of drug-likeness (QED) is 0.389. The van der Waals surface area contributed by atoms with Crippen LogP contribution in [0, 0.1) is 0 Å². The number of carbonyl (C=O) groups is 1. The van der Waals surface area contributed by atoms with E-state index >= 15 is 0 Å². The second-order valence-electron chi connectivity index (χ2n) is 8.83. The normalized spacial score (nSPS) is 11.4. The van der Waals surface area contributed by atoms with E-state index in [0.717, 1.165) is 22.7 Å². The molecule has 0 atom stereocenters. The number of aryl methyl sites for hydroxylation is 1. The predicted octanol–water partition coefficient (Wildman–Crippen LogP) is 4.70. The fraction of sp³-hybridized carbons (Fsp3) is 0.280. The third kappa shape index (κ3) is 5.14. The summed E-state index contributed by atoms with van der Waals surface area (Å²) in [6.07, 6.45) is 0. The van der Waals surface area contributed by atoms with Crippen LogP contribution in [0.25, 0.3) is 17.1 Å². The molecule has 0 spiro atoms. The van der Waals surface area contributed by atoms with E-state index in [-0.39, 0.29) is 17.1 Å². The zero-order valence-corrected chi connectivity index (χ0v) is 20.8. The Hall–Kier alpha value is -3.59. The Balaban J connectivity index is 1.57. The van der Waals surface area contributed by atoms with Crippen molar-refractivity contribution in [3.8, 4) is 22.8 Å². The molecule has 0 radical (unpaired) electrons. The van der Waals surface area contributed by atoms with E-state index in [9.17, 15) is 4.79 Å². The van der Waals surface area contributed by atoms with Crippen LogP contribution in [-0.4, -0.2) is 43.3 Å². The van der Waals surface area contributed by atoms with E-state index in [0.29, 0.717) is 16.8 Å². The van der Waals surface area contributed by atoms with Crippen molar-refractivity contribution < 1.29 is 9.53 Å². The standard InChI is InChI=1S/C25H28N6O2S/c1-25(2,3)20-15-21(30(4)29-20)26-22(32)16-34-24-28-27-23(17-10-9-13-19(14-17)33-5)31(24)18-11-7-6-8-12-18/h6-15H,16H2,1-5H3,(H,26,32). The van der Waals surface area contributed by atoms with E-state index in [1.165, 1.54) is 11.8 Å². The second-order valence-corrected chi connectivity index (χ2v) is 9.78. The van der Waals surface area contributed by atoms with E-state index in [1.807, 2.05) is 72.3 Å². The predicted molar refractivity (Wildman–Crippen MR) is 135 cm³/mol. The first-order chi connectivity index (χ1) is 16.3. The van der Waals surface area contributed by atoms with Crippen LogP contribution < -0.4 is 10.1 Å². The van der Waals surface area contributed by atoms with Crippen molar-refractivity contribution in [1.82, 2.24) is 24.5 Å². The minimum atomic E-state index is -0.140. The Kier molecular flexibility index (Phi) is 6.74. The Bertz CT molecular complexity index is 1290. The fourth-order valence-electron chi connectivity index (χ4n) is 3.38. The topological polar surface area (TPSA) is 86.9 Å². The SMILES string of the molecule is COc1cccc(-c2nnc(SCC(=O)Nc3cc(C(C)(C)C)nn3C)n2-c2ccccc2)c1. The van der Waals surface area contributed by atoms with Gasteiger partial charge in [-0.05, 0) is 24.3 Å². The van der Waals surface area contributed by atoms with Crippen molar-refractivity contribution in [1.29, 1.82) is 0 Å².